The number of hydrogen-bond acceptors (Lipinski definition) is 1. The predicted octanol–water partition coefficient (Wildman–Crippen LogP) is 6.29. The highest BCUT2D eigenvalue weighted by molar-refractivity contribution is 6.36. The Hall–Kier alpha value is -3.19. The van der Waals surface area contributed by atoms with E-state index >= 15 is 0 Å². The second-order valence-corrected chi connectivity index (χ2v) is 6.44. The molecule has 5 aromatic carbocycles. The summed E-state index contributed by atoms with van der Waals surface area (Å²) in [4.78, 5) is 4.86. The van der Waals surface area contributed by atoms with Gasteiger partial charge in [0.1, 0.15) is 0 Å². The first-order valence-electron chi connectivity index (χ1n) is 8.25. The number of rotatable bonds is 0. The quantitative estimate of drug-likeness (QED) is 0.237. The van der Waals surface area contributed by atoms with Crippen molar-refractivity contribution in [3.8, 4) is 0 Å². The van der Waals surface area contributed by atoms with E-state index in [9.17, 15) is 0 Å². The smallest absolute Gasteiger partial charge is 0.0793 e. The molecule has 0 atom stereocenters. The Labute approximate surface area is 138 Å². The van der Waals surface area contributed by atoms with Crippen molar-refractivity contribution in [2.45, 2.75) is 0 Å². The van der Waals surface area contributed by atoms with Crippen molar-refractivity contribution >= 4 is 54.0 Å². The van der Waals surface area contributed by atoms with Gasteiger partial charge in [0, 0.05) is 22.4 Å². The fourth-order valence-electron chi connectivity index (χ4n) is 4.20. The minimum atomic E-state index is 1.10. The molecule has 0 radical (unpaired) electrons. The molecule has 0 spiro atoms. The van der Waals surface area contributed by atoms with E-state index in [0.29, 0.717) is 0 Å². The number of hydrogen-bond donors (Lipinski definition) is 0. The van der Waals surface area contributed by atoms with Crippen LogP contribution in [0.15, 0.2) is 79.0 Å². The van der Waals surface area contributed by atoms with Crippen LogP contribution < -0.4 is 0 Å². The monoisotopic (exact) mass is 303 g/mol. The molecule has 0 saturated heterocycles. The molecule has 1 heteroatoms. The van der Waals surface area contributed by atoms with Crippen molar-refractivity contribution in [1.82, 2.24) is 4.98 Å². The lowest BCUT2D eigenvalue weighted by molar-refractivity contribution is 1.46. The van der Waals surface area contributed by atoms with Crippen molar-refractivity contribution < 1.29 is 0 Å². The predicted molar refractivity (Wildman–Crippen MR) is 103 cm³/mol. The SMILES string of the molecule is c1ccc2c(c1)cnc1c3cccc4ccc5cccc(c21)c5c43. The number of fused-ring (bicyclic) bond motifs is 5. The highest BCUT2D eigenvalue weighted by Gasteiger charge is 2.15. The zero-order valence-electron chi connectivity index (χ0n) is 13.0. The van der Waals surface area contributed by atoms with Crippen LogP contribution in [0.2, 0.25) is 0 Å². The molecule has 0 N–H and O–H groups in total. The van der Waals surface area contributed by atoms with Gasteiger partial charge in [-0.1, -0.05) is 72.8 Å². The molecule has 1 aromatic heterocycles. The molecule has 0 saturated carbocycles. The van der Waals surface area contributed by atoms with Crippen molar-refractivity contribution in [3.05, 3.63) is 79.0 Å². The topological polar surface area (TPSA) is 12.9 Å². The summed E-state index contributed by atoms with van der Waals surface area (Å²) in [6, 6.07) is 26.1. The second-order valence-electron chi connectivity index (χ2n) is 6.44. The van der Waals surface area contributed by atoms with Gasteiger partial charge in [0.25, 0.3) is 0 Å². The summed E-state index contributed by atoms with van der Waals surface area (Å²) >= 11 is 0. The van der Waals surface area contributed by atoms with Crippen molar-refractivity contribution in [1.29, 1.82) is 0 Å². The van der Waals surface area contributed by atoms with E-state index in [1.165, 1.54) is 48.5 Å². The minimum Gasteiger partial charge on any atom is -0.255 e. The van der Waals surface area contributed by atoms with Gasteiger partial charge in [0.15, 0.2) is 0 Å². The van der Waals surface area contributed by atoms with Crippen LogP contribution in [-0.4, -0.2) is 4.98 Å². The molecule has 1 heterocycles. The average molecular weight is 303 g/mol. The maximum Gasteiger partial charge on any atom is 0.0793 e. The van der Waals surface area contributed by atoms with Crippen molar-refractivity contribution in [2.75, 3.05) is 0 Å². The summed E-state index contributed by atoms with van der Waals surface area (Å²) in [5, 5.41) is 11.6. The Kier molecular flexibility index (Phi) is 2.15. The molecule has 6 rings (SSSR count). The van der Waals surface area contributed by atoms with Gasteiger partial charge in [0.2, 0.25) is 0 Å². The average Bonchev–Trinajstić information content (AvgIpc) is 2.66. The normalized spacial score (nSPS) is 12.2. The highest BCUT2D eigenvalue weighted by Crippen LogP contribution is 2.41. The lowest BCUT2D eigenvalue weighted by atomic mass is 9.90. The summed E-state index contributed by atoms with van der Waals surface area (Å²) in [6.45, 7) is 0. The van der Waals surface area contributed by atoms with E-state index in [0.717, 1.165) is 5.52 Å². The first-order valence-corrected chi connectivity index (χ1v) is 8.25. The molecule has 6 aromatic rings. The molecule has 1 nitrogen and oxygen atoms in total. The number of nitrogens with zero attached hydrogens (tertiary/aromatic N) is 1. The second kappa shape index (κ2) is 4.21. The molecule has 0 bridgehead atoms. The van der Waals surface area contributed by atoms with Crippen LogP contribution in [0.5, 0.6) is 0 Å². The molecule has 0 aliphatic carbocycles. The number of aromatic nitrogens is 1. The Morgan fingerprint density at radius 1 is 0.458 bits per heavy atom. The molecule has 0 fully saturated rings. The Morgan fingerprint density at radius 2 is 1.08 bits per heavy atom. The maximum atomic E-state index is 4.86. The van der Waals surface area contributed by atoms with Gasteiger partial charge in [-0.25, -0.2) is 0 Å². The van der Waals surface area contributed by atoms with E-state index in [4.69, 9.17) is 4.98 Å². The fourth-order valence-corrected chi connectivity index (χ4v) is 4.20. The van der Waals surface area contributed by atoms with Crippen LogP contribution in [0.3, 0.4) is 0 Å². The van der Waals surface area contributed by atoms with Crippen LogP contribution in [-0.2, 0) is 0 Å². The van der Waals surface area contributed by atoms with E-state index in [-0.39, 0.29) is 0 Å². The Balaban J connectivity index is 2.11. The van der Waals surface area contributed by atoms with Gasteiger partial charge in [-0.2, -0.15) is 0 Å². The zero-order valence-corrected chi connectivity index (χ0v) is 13.0. The van der Waals surface area contributed by atoms with Gasteiger partial charge in [0.05, 0.1) is 5.52 Å². The first-order chi connectivity index (χ1) is 11.9. The Bertz CT molecular complexity index is 1400. The van der Waals surface area contributed by atoms with Crippen molar-refractivity contribution in [2.24, 2.45) is 0 Å². The number of pyridine rings is 1. The molecule has 0 amide bonds. The standard InChI is InChI=1S/C23H13N/c1-2-8-17-16(5-1)13-24-23-19-10-4-7-15-12-11-14-6-3-9-18(22(17)23)20(14)21(15)19/h1-13H. The third-order valence-corrected chi connectivity index (χ3v) is 5.21. The summed E-state index contributed by atoms with van der Waals surface area (Å²) in [7, 11) is 0. The summed E-state index contributed by atoms with van der Waals surface area (Å²) in [5.41, 5.74) is 1.10. The lowest BCUT2D eigenvalue weighted by Crippen LogP contribution is -1.90. The lowest BCUT2D eigenvalue weighted by Gasteiger charge is -2.15. The largest absolute Gasteiger partial charge is 0.255 e. The van der Waals surface area contributed by atoms with Crippen LogP contribution in [0.25, 0.3) is 54.0 Å². The van der Waals surface area contributed by atoms with Crippen LogP contribution in [0.4, 0.5) is 0 Å². The molecule has 24 heavy (non-hydrogen) atoms. The van der Waals surface area contributed by atoms with Crippen LogP contribution in [0.1, 0.15) is 0 Å². The number of benzene rings is 5. The van der Waals surface area contributed by atoms with Gasteiger partial charge >= 0.3 is 0 Å². The van der Waals surface area contributed by atoms with Gasteiger partial charge < -0.3 is 0 Å². The molecule has 110 valence electrons. The van der Waals surface area contributed by atoms with E-state index < -0.39 is 0 Å². The van der Waals surface area contributed by atoms with E-state index in [1.807, 2.05) is 6.20 Å². The summed E-state index contributed by atoms with van der Waals surface area (Å²) in [6.07, 6.45) is 2.00. The molecule has 0 unspecified atom stereocenters. The van der Waals surface area contributed by atoms with Gasteiger partial charge in [-0.15, -0.1) is 0 Å². The highest BCUT2D eigenvalue weighted by atomic mass is 14.7. The molecule has 0 aliphatic rings. The Morgan fingerprint density at radius 3 is 1.92 bits per heavy atom. The molecule has 0 aliphatic heterocycles. The summed E-state index contributed by atoms with van der Waals surface area (Å²) in [5.74, 6) is 0. The van der Waals surface area contributed by atoms with Gasteiger partial charge in [-0.3, -0.25) is 4.98 Å². The van der Waals surface area contributed by atoms with Crippen molar-refractivity contribution in [3.63, 3.8) is 0 Å². The minimum absolute atomic E-state index is 1.10. The third kappa shape index (κ3) is 1.38. The third-order valence-electron chi connectivity index (χ3n) is 5.21. The van der Waals surface area contributed by atoms with Gasteiger partial charge in [-0.05, 0) is 32.3 Å². The van der Waals surface area contributed by atoms with E-state index in [2.05, 4.69) is 72.8 Å². The van der Waals surface area contributed by atoms with Crippen LogP contribution >= 0.6 is 0 Å². The van der Waals surface area contributed by atoms with E-state index in [1.54, 1.807) is 0 Å². The summed E-state index contributed by atoms with van der Waals surface area (Å²) < 4.78 is 0. The maximum absolute atomic E-state index is 4.86. The zero-order chi connectivity index (χ0) is 15.7. The first kappa shape index (κ1) is 12.3. The molecular weight excluding hydrogens is 290 g/mol. The molecular formula is C23H13N. The van der Waals surface area contributed by atoms with Crippen LogP contribution in [0, 0.1) is 0 Å². The fraction of sp³-hybridized carbons (Fsp3) is 0.